The largest absolute Gasteiger partial charge is 0.372 e. The van der Waals surface area contributed by atoms with Gasteiger partial charge in [-0.25, -0.2) is 0 Å². The molecule has 1 aliphatic heterocycles. The first-order valence-electron chi connectivity index (χ1n) is 3.33. The molecule has 0 aromatic rings. The molecule has 1 heterocycles. The fourth-order valence-electron chi connectivity index (χ4n) is 0.507. The minimum absolute atomic E-state index is 0.409. The Morgan fingerprint density at radius 2 is 2.11 bits per heavy atom. The van der Waals surface area contributed by atoms with Gasteiger partial charge < -0.3 is 4.74 Å². The molecule has 2 heteroatoms. The SMILES string of the molecule is CC(C)(C)SC[C@H]1CO1. The van der Waals surface area contributed by atoms with Crippen LogP contribution < -0.4 is 0 Å². The van der Waals surface area contributed by atoms with Crippen molar-refractivity contribution in [1.82, 2.24) is 0 Å². The zero-order valence-corrected chi connectivity index (χ0v) is 7.12. The molecule has 9 heavy (non-hydrogen) atoms. The van der Waals surface area contributed by atoms with Crippen LogP contribution in [0.4, 0.5) is 0 Å². The lowest BCUT2D eigenvalue weighted by Gasteiger charge is -2.15. The van der Waals surface area contributed by atoms with Gasteiger partial charge in [0, 0.05) is 10.5 Å². The number of ether oxygens (including phenoxy) is 1. The predicted molar refractivity (Wildman–Crippen MR) is 42.0 cm³/mol. The average Bonchev–Trinajstić information content (AvgIpc) is 2.38. The van der Waals surface area contributed by atoms with E-state index in [0.717, 1.165) is 6.61 Å². The quantitative estimate of drug-likeness (QED) is 0.552. The van der Waals surface area contributed by atoms with Gasteiger partial charge in [0.25, 0.3) is 0 Å². The summed E-state index contributed by atoms with van der Waals surface area (Å²) < 4.78 is 5.49. The van der Waals surface area contributed by atoms with E-state index in [9.17, 15) is 0 Å². The second-order valence-electron chi connectivity index (χ2n) is 3.38. The Morgan fingerprint density at radius 3 is 2.44 bits per heavy atom. The maximum Gasteiger partial charge on any atom is 0.0900 e. The molecule has 0 bridgehead atoms. The van der Waals surface area contributed by atoms with Gasteiger partial charge in [0.1, 0.15) is 0 Å². The van der Waals surface area contributed by atoms with Crippen LogP contribution in [0.2, 0.25) is 0 Å². The van der Waals surface area contributed by atoms with Crippen LogP contribution in [-0.4, -0.2) is 23.2 Å². The van der Waals surface area contributed by atoms with Crippen LogP contribution in [0.3, 0.4) is 0 Å². The number of epoxide rings is 1. The van der Waals surface area contributed by atoms with E-state index < -0.39 is 0 Å². The minimum Gasteiger partial charge on any atom is -0.372 e. The summed E-state index contributed by atoms with van der Waals surface area (Å²) in [5.74, 6) is 1.17. The van der Waals surface area contributed by atoms with Gasteiger partial charge in [0.05, 0.1) is 12.7 Å². The number of thioether (sulfide) groups is 1. The van der Waals surface area contributed by atoms with Gasteiger partial charge >= 0.3 is 0 Å². The predicted octanol–water partition coefficient (Wildman–Crippen LogP) is 1.92. The second kappa shape index (κ2) is 2.51. The summed E-state index contributed by atoms with van der Waals surface area (Å²) in [5, 5.41) is 0. The van der Waals surface area contributed by atoms with Crippen molar-refractivity contribution >= 4 is 11.8 Å². The molecule has 0 aromatic carbocycles. The van der Waals surface area contributed by atoms with Gasteiger partial charge in [-0.2, -0.15) is 11.8 Å². The first kappa shape index (κ1) is 7.42. The van der Waals surface area contributed by atoms with Crippen molar-refractivity contribution in [3.05, 3.63) is 0 Å². The molecule has 0 aliphatic carbocycles. The molecule has 1 saturated heterocycles. The summed E-state index contributed by atoms with van der Waals surface area (Å²) in [7, 11) is 0. The van der Waals surface area contributed by atoms with Gasteiger partial charge in [-0.15, -0.1) is 0 Å². The zero-order chi connectivity index (χ0) is 6.91. The van der Waals surface area contributed by atoms with Gasteiger partial charge in [-0.3, -0.25) is 0 Å². The van der Waals surface area contributed by atoms with Crippen molar-refractivity contribution in [2.75, 3.05) is 12.4 Å². The van der Waals surface area contributed by atoms with E-state index in [4.69, 9.17) is 4.74 Å². The van der Waals surface area contributed by atoms with E-state index in [0.29, 0.717) is 10.9 Å². The molecule has 1 nitrogen and oxygen atoms in total. The molecule has 1 fully saturated rings. The molecule has 0 N–H and O–H groups in total. The maximum atomic E-state index is 5.08. The Morgan fingerprint density at radius 1 is 1.56 bits per heavy atom. The van der Waals surface area contributed by atoms with Gasteiger partial charge in [0.2, 0.25) is 0 Å². The van der Waals surface area contributed by atoms with Crippen LogP contribution in [0.5, 0.6) is 0 Å². The standard InChI is InChI=1S/C7H14OS/c1-7(2,3)9-5-6-4-8-6/h6H,4-5H2,1-3H3/t6-/m1/s1. The zero-order valence-electron chi connectivity index (χ0n) is 6.31. The van der Waals surface area contributed by atoms with Gasteiger partial charge in [-0.1, -0.05) is 20.8 Å². The van der Waals surface area contributed by atoms with E-state index in [2.05, 4.69) is 20.8 Å². The number of rotatable bonds is 2. The van der Waals surface area contributed by atoms with Crippen molar-refractivity contribution in [3.63, 3.8) is 0 Å². The molecule has 0 radical (unpaired) electrons. The molecule has 0 aromatic heterocycles. The number of hydrogen-bond donors (Lipinski definition) is 0. The normalized spacial score (nSPS) is 26.3. The van der Waals surface area contributed by atoms with Crippen molar-refractivity contribution in [2.24, 2.45) is 0 Å². The average molecular weight is 146 g/mol. The molecular formula is C7H14OS. The van der Waals surface area contributed by atoms with E-state index >= 15 is 0 Å². The third-order valence-corrected chi connectivity index (χ3v) is 2.51. The fraction of sp³-hybridized carbons (Fsp3) is 1.00. The summed E-state index contributed by atoms with van der Waals surface area (Å²) in [6.07, 6.45) is 0.578. The van der Waals surface area contributed by atoms with E-state index in [1.807, 2.05) is 11.8 Å². The summed E-state index contributed by atoms with van der Waals surface area (Å²) in [6.45, 7) is 7.70. The van der Waals surface area contributed by atoms with Crippen molar-refractivity contribution < 1.29 is 4.74 Å². The summed E-state index contributed by atoms with van der Waals surface area (Å²) in [5.41, 5.74) is 0. The highest BCUT2D eigenvalue weighted by atomic mass is 32.2. The summed E-state index contributed by atoms with van der Waals surface area (Å²) in [6, 6.07) is 0. The van der Waals surface area contributed by atoms with Gasteiger partial charge in [-0.05, 0) is 0 Å². The molecule has 0 spiro atoms. The first-order chi connectivity index (χ1) is 4.08. The molecule has 0 saturated carbocycles. The smallest absolute Gasteiger partial charge is 0.0900 e. The second-order valence-corrected chi connectivity index (χ2v) is 5.23. The lowest BCUT2D eigenvalue weighted by Crippen LogP contribution is -2.10. The van der Waals surface area contributed by atoms with E-state index in [-0.39, 0.29) is 0 Å². The molecule has 1 rings (SSSR count). The Bertz CT molecular complexity index is 91.6. The molecule has 0 amide bonds. The molecule has 54 valence electrons. The first-order valence-corrected chi connectivity index (χ1v) is 4.32. The number of hydrogen-bond acceptors (Lipinski definition) is 2. The minimum atomic E-state index is 0.409. The monoisotopic (exact) mass is 146 g/mol. The summed E-state index contributed by atoms with van der Waals surface area (Å²) in [4.78, 5) is 0. The highest BCUT2D eigenvalue weighted by Crippen LogP contribution is 2.27. The third kappa shape index (κ3) is 3.82. The Kier molecular flexibility index (Phi) is 2.07. The lowest BCUT2D eigenvalue weighted by molar-refractivity contribution is 0.425. The molecule has 1 atom stereocenters. The lowest BCUT2D eigenvalue weighted by atomic mass is 10.3. The molecule has 1 aliphatic rings. The van der Waals surface area contributed by atoms with Crippen molar-refractivity contribution in [3.8, 4) is 0 Å². The third-order valence-electron chi connectivity index (χ3n) is 1.10. The Labute approximate surface area is 61.2 Å². The van der Waals surface area contributed by atoms with Crippen molar-refractivity contribution in [1.29, 1.82) is 0 Å². The maximum absolute atomic E-state index is 5.08. The topological polar surface area (TPSA) is 12.5 Å². The van der Waals surface area contributed by atoms with Crippen LogP contribution in [0.25, 0.3) is 0 Å². The van der Waals surface area contributed by atoms with Crippen LogP contribution in [0.1, 0.15) is 20.8 Å². The highest BCUT2D eigenvalue weighted by Gasteiger charge is 2.24. The van der Waals surface area contributed by atoms with Crippen molar-refractivity contribution in [2.45, 2.75) is 31.6 Å². The Hall–Kier alpha value is 0.310. The van der Waals surface area contributed by atoms with Crippen LogP contribution in [-0.2, 0) is 4.74 Å². The van der Waals surface area contributed by atoms with E-state index in [1.54, 1.807) is 0 Å². The van der Waals surface area contributed by atoms with Crippen LogP contribution in [0, 0.1) is 0 Å². The fourth-order valence-corrected chi connectivity index (χ4v) is 1.39. The summed E-state index contributed by atoms with van der Waals surface area (Å²) >= 11 is 1.98. The molecule has 0 unspecified atom stereocenters. The van der Waals surface area contributed by atoms with Crippen LogP contribution in [0.15, 0.2) is 0 Å². The highest BCUT2D eigenvalue weighted by molar-refractivity contribution is 8.00. The Balaban J connectivity index is 2.03. The van der Waals surface area contributed by atoms with Crippen LogP contribution >= 0.6 is 11.8 Å². The van der Waals surface area contributed by atoms with Gasteiger partial charge in [0.15, 0.2) is 0 Å². The molecular weight excluding hydrogens is 132 g/mol. The van der Waals surface area contributed by atoms with E-state index in [1.165, 1.54) is 5.75 Å².